The van der Waals surface area contributed by atoms with Crippen LogP contribution < -0.4 is 10.6 Å². The van der Waals surface area contributed by atoms with Crippen molar-refractivity contribution in [1.29, 1.82) is 0 Å². The van der Waals surface area contributed by atoms with Gasteiger partial charge in [0, 0.05) is 12.8 Å². The third-order valence-corrected chi connectivity index (χ3v) is 9.80. The van der Waals surface area contributed by atoms with Crippen LogP contribution in [0.25, 0.3) is 0 Å². The van der Waals surface area contributed by atoms with Crippen LogP contribution in [-0.4, -0.2) is 59.3 Å². The van der Waals surface area contributed by atoms with E-state index in [1.165, 1.54) is 38.5 Å². The maximum absolute atomic E-state index is 12.8. The maximum Gasteiger partial charge on any atom is 0.328 e. The zero-order valence-corrected chi connectivity index (χ0v) is 38.1. The molecule has 0 spiro atoms. The number of hydrogen-bond donors (Lipinski definition) is 4. The Hall–Kier alpha value is -4.24. The first kappa shape index (κ1) is 56.8. The van der Waals surface area contributed by atoms with Gasteiger partial charge < -0.3 is 25.6 Å². The second kappa shape index (κ2) is 45.3. The fourth-order valence-electron chi connectivity index (χ4n) is 6.20. The van der Waals surface area contributed by atoms with Crippen molar-refractivity contribution in [1.82, 2.24) is 10.6 Å². The molecule has 0 aliphatic carbocycles. The topological polar surface area (TPSA) is 142 Å². The summed E-state index contributed by atoms with van der Waals surface area (Å²) in [7, 11) is 0. The number of allylic oxidation sites excluding steroid dienone is 15. The highest BCUT2D eigenvalue weighted by Crippen LogP contribution is 2.15. The van der Waals surface area contributed by atoms with Crippen molar-refractivity contribution in [2.75, 3.05) is 13.2 Å². The Balaban J connectivity index is 4.35. The van der Waals surface area contributed by atoms with Crippen LogP contribution in [0.2, 0.25) is 0 Å². The second-order valence-corrected chi connectivity index (χ2v) is 15.5. The molecule has 4 N–H and O–H groups in total. The lowest BCUT2D eigenvalue weighted by atomic mass is 10.0. The molecule has 0 aliphatic heterocycles. The number of esters is 1. The molecule has 0 fully saturated rings. The molecule has 0 heterocycles. The summed E-state index contributed by atoms with van der Waals surface area (Å²) in [6.07, 6.45) is 60.3. The predicted molar refractivity (Wildman–Crippen MR) is 254 cm³/mol. The Bertz CT molecular complexity index is 1340. The fourth-order valence-corrected chi connectivity index (χ4v) is 6.20. The highest BCUT2D eigenvalue weighted by atomic mass is 16.5. The summed E-state index contributed by atoms with van der Waals surface area (Å²) in [5.41, 5.74) is 0. The second-order valence-electron chi connectivity index (χ2n) is 15.5. The van der Waals surface area contributed by atoms with Gasteiger partial charge in [-0.15, -0.1) is 0 Å². The van der Waals surface area contributed by atoms with Crippen LogP contribution in [0, 0.1) is 0 Å². The van der Waals surface area contributed by atoms with Gasteiger partial charge in [0.15, 0.2) is 0 Å². The van der Waals surface area contributed by atoms with Gasteiger partial charge in [-0.2, -0.15) is 0 Å². The highest BCUT2D eigenvalue weighted by molar-refractivity contribution is 5.87. The summed E-state index contributed by atoms with van der Waals surface area (Å²) in [5, 5.41) is 22.5. The van der Waals surface area contributed by atoms with E-state index >= 15 is 0 Å². The number of aliphatic carboxylic acids is 1. The number of carboxylic acids is 1. The van der Waals surface area contributed by atoms with Gasteiger partial charge in [0.1, 0.15) is 12.1 Å². The maximum atomic E-state index is 12.8. The number of carbonyl (C=O) groups is 4. The average molecular weight is 849 g/mol. The molecular formula is C52H84N2O7. The van der Waals surface area contributed by atoms with E-state index in [2.05, 4.69) is 122 Å². The standard InChI is InChI=1S/C52H84N2O7/c1-3-5-7-9-11-13-14-15-16-17-18-19-20-21-22-23-24-25-26-28-30-36-40-44-51(58)61-47(41-37-33-29-27-12-10-8-6-4-2)42-38-34-31-32-35-39-43-49(56)53-45-50(57)54-48(46-55)52(59)60/h5,7,11,13,15-16,18-19,21-22,24-25,28,30,37,41,47-48,55H,3-4,6,8-10,12,14,17,20,23,26-27,29,31-36,38-40,42-46H2,1-2H3,(H,53,56)(H,54,57)(H,59,60)/b7-5-,13-11-,16-15-,19-18-,22-21-,25-24-,30-28-,41-37-. The minimum Gasteiger partial charge on any atom is -0.480 e. The molecule has 61 heavy (non-hydrogen) atoms. The summed E-state index contributed by atoms with van der Waals surface area (Å²) in [5.74, 6) is -2.40. The Kier molecular flexibility index (Phi) is 42.1. The molecule has 0 saturated heterocycles. The fraction of sp³-hybridized carbons (Fsp3) is 0.615. The van der Waals surface area contributed by atoms with Crippen molar-refractivity contribution >= 4 is 23.8 Å². The molecule has 0 saturated carbocycles. The number of aliphatic hydroxyl groups excluding tert-OH is 1. The van der Waals surface area contributed by atoms with Crippen molar-refractivity contribution < 1.29 is 34.1 Å². The summed E-state index contributed by atoms with van der Waals surface area (Å²) in [6.45, 7) is 3.34. The molecule has 0 aliphatic rings. The van der Waals surface area contributed by atoms with Crippen LogP contribution in [0.5, 0.6) is 0 Å². The zero-order valence-electron chi connectivity index (χ0n) is 38.1. The van der Waals surface area contributed by atoms with Crippen molar-refractivity contribution in [3.05, 3.63) is 97.2 Å². The van der Waals surface area contributed by atoms with Gasteiger partial charge in [-0.3, -0.25) is 14.4 Å². The van der Waals surface area contributed by atoms with Crippen LogP contribution in [0.15, 0.2) is 97.2 Å². The van der Waals surface area contributed by atoms with Crippen molar-refractivity contribution in [2.24, 2.45) is 0 Å². The number of unbranched alkanes of at least 4 members (excludes halogenated alkanes) is 13. The normalized spacial score (nSPS) is 13.4. The molecule has 2 atom stereocenters. The Morgan fingerprint density at radius 2 is 1.00 bits per heavy atom. The zero-order chi connectivity index (χ0) is 44.7. The summed E-state index contributed by atoms with van der Waals surface area (Å²) in [4.78, 5) is 47.5. The van der Waals surface area contributed by atoms with Gasteiger partial charge >= 0.3 is 11.9 Å². The van der Waals surface area contributed by atoms with E-state index in [4.69, 9.17) is 14.9 Å². The molecular weight excluding hydrogens is 765 g/mol. The first-order chi connectivity index (χ1) is 29.8. The molecule has 0 aromatic carbocycles. The molecule has 0 bridgehead atoms. The highest BCUT2D eigenvalue weighted by Gasteiger charge is 2.18. The molecule has 9 heteroatoms. The number of nitrogens with one attached hydrogen (secondary N) is 2. The van der Waals surface area contributed by atoms with E-state index in [0.29, 0.717) is 12.8 Å². The first-order valence-electron chi connectivity index (χ1n) is 23.6. The number of amides is 2. The molecule has 344 valence electrons. The van der Waals surface area contributed by atoms with Crippen LogP contribution in [0.4, 0.5) is 0 Å². The van der Waals surface area contributed by atoms with Gasteiger partial charge in [0.05, 0.1) is 13.2 Å². The lowest BCUT2D eigenvalue weighted by Gasteiger charge is -2.14. The summed E-state index contributed by atoms with van der Waals surface area (Å²) < 4.78 is 5.93. The van der Waals surface area contributed by atoms with Crippen molar-refractivity contribution in [2.45, 2.75) is 193 Å². The van der Waals surface area contributed by atoms with Gasteiger partial charge in [-0.05, 0) is 96.0 Å². The van der Waals surface area contributed by atoms with E-state index < -0.39 is 24.5 Å². The van der Waals surface area contributed by atoms with Gasteiger partial charge in [-0.25, -0.2) is 4.79 Å². The van der Waals surface area contributed by atoms with E-state index in [0.717, 1.165) is 109 Å². The summed E-state index contributed by atoms with van der Waals surface area (Å²) in [6, 6.07) is -1.39. The third kappa shape index (κ3) is 42.2. The van der Waals surface area contributed by atoms with E-state index in [1.54, 1.807) is 0 Å². The molecule has 0 radical (unpaired) electrons. The van der Waals surface area contributed by atoms with Crippen LogP contribution in [-0.2, 0) is 23.9 Å². The van der Waals surface area contributed by atoms with Crippen molar-refractivity contribution in [3.63, 3.8) is 0 Å². The molecule has 2 unspecified atom stereocenters. The number of carboxylic acid groups (broad SMARTS) is 1. The SMILES string of the molecule is CC/C=C\C/C=C\C/C=C\C/C=C\C/C=C\C/C=C\C/C=C\CCCC(=O)OC(/C=C\CCCCCCCCC)CCCCCCCCC(=O)NCC(=O)NC(CO)C(=O)O. The van der Waals surface area contributed by atoms with Crippen LogP contribution in [0.1, 0.15) is 181 Å². The van der Waals surface area contributed by atoms with Gasteiger partial charge in [0.2, 0.25) is 11.8 Å². The average Bonchev–Trinajstić information content (AvgIpc) is 3.25. The lowest BCUT2D eigenvalue weighted by Crippen LogP contribution is -2.47. The third-order valence-electron chi connectivity index (χ3n) is 9.80. The van der Waals surface area contributed by atoms with Crippen LogP contribution >= 0.6 is 0 Å². The minimum atomic E-state index is -1.39. The molecule has 0 aromatic rings. The van der Waals surface area contributed by atoms with E-state index in [9.17, 15) is 19.2 Å². The van der Waals surface area contributed by atoms with Gasteiger partial charge in [0.25, 0.3) is 0 Å². The number of aliphatic hydroxyl groups is 1. The number of ether oxygens (including phenoxy) is 1. The lowest BCUT2D eigenvalue weighted by molar-refractivity contribution is -0.147. The quantitative estimate of drug-likeness (QED) is 0.0273. The van der Waals surface area contributed by atoms with Crippen LogP contribution in [0.3, 0.4) is 0 Å². The van der Waals surface area contributed by atoms with E-state index in [-0.39, 0.29) is 30.9 Å². The number of carbonyl (C=O) groups excluding carboxylic acids is 3. The number of rotatable bonds is 41. The van der Waals surface area contributed by atoms with Crippen molar-refractivity contribution in [3.8, 4) is 0 Å². The Labute approximate surface area is 370 Å². The Morgan fingerprint density at radius 1 is 0.525 bits per heavy atom. The molecule has 0 aromatic heterocycles. The smallest absolute Gasteiger partial charge is 0.328 e. The predicted octanol–water partition coefficient (Wildman–Crippen LogP) is 12.2. The molecule has 0 rings (SSSR count). The minimum absolute atomic E-state index is 0.137. The monoisotopic (exact) mass is 849 g/mol. The molecule has 9 nitrogen and oxygen atoms in total. The number of hydrogen-bond acceptors (Lipinski definition) is 6. The van der Waals surface area contributed by atoms with Gasteiger partial charge in [-0.1, -0.05) is 169 Å². The van der Waals surface area contributed by atoms with E-state index in [1.807, 2.05) is 0 Å². The Morgan fingerprint density at radius 3 is 1.52 bits per heavy atom. The largest absolute Gasteiger partial charge is 0.480 e. The summed E-state index contributed by atoms with van der Waals surface area (Å²) >= 11 is 0. The first-order valence-corrected chi connectivity index (χ1v) is 23.6. The molecule has 2 amide bonds.